The molecule has 1 unspecified atom stereocenters. The molecule has 0 saturated carbocycles. The van der Waals surface area contributed by atoms with Crippen molar-refractivity contribution < 1.29 is 13.2 Å². The number of hydrogen-bond acceptors (Lipinski definition) is 1. The van der Waals surface area contributed by atoms with Gasteiger partial charge in [-0.2, -0.15) is 13.2 Å². The minimum Gasteiger partial charge on any atom is -0.314 e. The standard InChI is InChI=1S/C15H22F3N/c1-12-6-3-4-8-14(12)9-11-19-13(2)7-5-10-15(16,17)18/h3-4,6,8,13,19H,5,7,9-11H2,1-2H3. The molecule has 19 heavy (non-hydrogen) atoms. The molecule has 0 aliphatic carbocycles. The van der Waals surface area contributed by atoms with Gasteiger partial charge in [-0.05, 0) is 50.8 Å². The van der Waals surface area contributed by atoms with Crippen LogP contribution in [-0.4, -0.2) is 18.8 Å². The first-order chi connectivity index (χ1) is 8.88. The molecule has 0 heterocycles. The summed E-state index contributed by atoms with van der Waals surface area (Å²) in [6.07, 6.45) is -3.04. The van der Waals surface area contributed by atoms with Gasteiger partial charge in [-0.25, -0.2) is 0 Å². The maximum absolute atomic E-state index is 12.0. The Morgan fingerprint density at radius 3 is 2.53 bits per heavy atom. The van der Waals surface area contributed by atoms with Gasteiger partial charge in [0.25, 0.3) is 0 Å². The molecule has 1 aromatic rings. The lowest BCUT2D eigenvalue weighted by Gasteiger charge is -2.15. The Morgan fingerprint density at radius 1 is 1.21 bits per heavy atom. The molecular weight excluding hydrogens is 251 g/mol. The molecule has 1 rings (SSSR count). The Bertz CT molecular complexity index is 374. The molecule has 0 saturated heterocycles. The maximum Gasteiger partial charge on any atom is 0.389 e. The first-order valence-electron chi connectivity index (χ1n) is 6.73. The quantitative estimate of drug-likeness (QED) is 0.783. The molecule has 0 fully saturated rings. The first-order valence-corrected chi connectivity index (χ1v) is 6.73. The van der Waals surface area contributed by atoms with Crippen LogP contribution in [0.5, 0.6) is 0 Å². The van der Waals surface area contributed by atoms with Crippen molar-refractivity contribution in [1.29, 1.82) is 0 Å². The predicted octanol–water partition coefficient (Wildman–Crippen LogP) is 4.25. The van der Waals surface area contributed by atoms with Crippen molar-refractivity contribution in [3.8, 4) is 0 Å². The molecule has 0 aliphatic heterocycles. The highest BCUT2D eigenvalue weighted by molar-refractivity contribution is 5.25. The van der Waals surface area contributed by atoms with Gasteiger partial charge in [0.15, 0.2) is 0 Å². The van der Waals surface area contributed by atoms with E-state index in [-0.39, 0.29) is 12.5 Å². The first kappa shape index (κ1) is 16.0. The summed E-state index contributed by atoms with van der Waals surface area (Å²) in [6, 6.07) is 8.31. The van der Waals surface area contributed by atoms with Crippen molar-refractivity contribution in [2.45, 2.75) is 51.7 Å². The van der Waals surface area contributed by atoms with Gasteiger partial charge in [-0.1, -0.05) is 24.3 Å². The van der Waals surface area contributed by atoms with Crippen LogP contribution in [0.1, 0.15) is 37.3 Å². The van der Waals surface area contributed by atoms with E-state index >= 15 is 0 Å². The highest BCUT2D eigenvalue weighted by Gasteiger charge is 2.26. The largest absolute Gasteiger partial charge is 0.389 e. The average Bonchev–Trinajstić information content (AvgIpc) is 2.30. The number of nitrogens with one attached hydrogen (secondary N) is 1. The molecule has 0 aromatic heterocycles. The lowest BCUT2D eigenvalue weighted by molar-refractivity contribution is -0.135. The molecule has 0 amide bonds. The monoisotopic (exact) mass is 273 g/mol. The number of aryl methyl sites for hydroxylation is 1. The Hall–Kier alpha value is -1.03. The van der Waals surface area contributed by atoms with Crippen LogP contribution < -0.4 is 5.32 Å². The second-order valence-corrected chi connectivity index (χ2v) is 5.04. The van der Waals surface area contributed by atoms with Crippen LogP contribution in [0.2, 0.25) is 0 Å². The van der Waals surface area contributed by atoms with Crippen LogP contribution in [0.4, 0.5) is 13.2 Å². The van der Waals surface area contributed by atoms with Gasteiger partial charge >= 0.3 is 6.18 Å². The summed E-state index contributed by atoms with van der Waals surface area (Å²) in [5, 5.41) is 3.28. The summed E-state index contributed by atoms with van der Waals surface area (Å²) in [6.45, 7) is 4.81. The molecule has 0 bridgehead atoms. The van der Waals surface area contributed by atoms with Crippen LogP contribution in [0.15, 0.2) is 24.3 Å². The van der Waals surface area contributed by atoms with E-state index < -0.39 is 12.6 Å². The minimum atomic E-state index is -4.03. The molecular formula is C15H22F3N. The number of hydrogen-bond donors (Lipinski definition) is 1. The third-order valence-electron chi connectivity index (χ3n) is 3.25. The fraction of sp³-hybridized carbons (Fsp3) is 0.600. The van der Waals surface area contributed by atoms with E-state index in [9.17, 15) is 13.2 Å². The van der Waals surface area contributed by atoms with Gasteiger partial charge in [-0.15, -0.1) is 0 Å². The highest BCUT2D eigenvalue weighted by Crippen LogP contribution is 2.22. The zero-order valence-electron chi connectivity index (χ0n) is 11.6. The third-order valence-corrected chi connectivity index (χ3v) is 3.25. The van der Waals surface area contributed by atoms with Crippen molar-refractivity contribution in [2.75, 3.05) is 6.54 Å². The van der Waals surface area contributed by atoms with Crippen molar-refractivity contribution in [2.24, 2.45) is 0 Å². The number of rotatable bonds is 7. The van der Waals surface area contributed by atoms with Gasteiger partial charge in [0.2, 0.25) is 0 Å². The summed E-state index contributed by atoms with van der Waals surface area (Å²) in [5.74, 6) is 0. The van der Waals surface area contributed by atoms with Crippen LogP contribution in [0.3, 0.4) is 0 Å². The van der Waals surface area contributed by atoms with Gasteiger partial charge in [-0.3, -0.25) is 0 Å². The predicted molar refractivity (Wildman–Crippen MR) is 72.3 cm³/mol. The smallest absolute Gasteiger partial charge is 0.314 e. The minimum absolute atomic E-state index is 0.131. The van der Waals surface area contributed by atoms with E-state index in [1.807, 2.05) is 19.1 Å². The SMILES string of the molecule is Cc1ccccc1CCNC(C)CCCC(F)(F)F. The summed E-state index contributed by atoms with van der Waals surface area (Å²) in [7, 11) is 0. The van der Waals surface area contributed by atoms with Crippen molar-refractivity contribution in [3.05, 3.63) is 35.4 Å². The summed E-state index contributed by atoms with van der Waals surface area (Å²) in [5.41, 5.74) is 2.55. The molecule has 0 radical (unpaired) electrons. The summed E-state index contributed by atoms with van der Waals surface area (Å²) >= 11 is 0. The second-order valence-electron chi connectivity index (χ2n) is 5.04. The molecule has 4 heteroatoms. The van der Waals surface area contributed by atoms with Gasteiger partial charge in [0, 0.05) is 12.5 Å². The normalized spacial score (nSPS) is 13.5. The Labute approximate surface area is 113 Å². The van der Waals surface area contributed by atoms with E-state index in [0.717, 1.165) is 13.0 Å². The van der Waals surface area contributed by atoms with Crippen LogP contribution >= 0.6 is 0 Å². The molecule has 1 atom stereocenters. The zero-order valence-corrected chi connectivity index (χ0v) is 11.6. The topological polar surface area (TPSA) is 12.0 Å². The molecule has 1 nitrogen and oxygen atoms in total. The third kappa shape index (κ3) is 7.21. The average molecular weight is 273 g/mol. The van der Waals surface area contributed by atoms with Crippen LogP contribution in [-0.2, 0) is 6.42 Å². The van der Waals surface area contributed by atoms with E-state index in [1.165, 1.54) is 11.1 Å². The zero-order chi connectivity index (χ0) is 14.3. The van der Waals surface area contributed by atoms with Gasteiger partial charge < -0.3 is 5.32 Å². The fourth-order valence-corrected chi connectivity index (χ4v) is 2.05. The molecule has 0 spiro atoms. The second kappa shape index (κ2) is 7.53. The summed E-state index contributed by atoms with van der Waals surface area (Å²) in [4.78, 5) is 0. The lowest BCUT2D eigenvalue weighted by Crippen LogP contribution is -2.28. The van der Waals surface area contributed by atoms with Crippen LogP contribution in [0, 0.1) is 6.92 Å². The van der Waals surface area contributed by atoms with Gasteiger partial charge in [0.1, 0.15) is 0 Å². The Kier molecular flexibility index (Phi) is 6.35. The number of benzene rings is 1. The van der Waals surface area contributed by atoms with E-state index in [4.69, 9.17) is 0 Å². The van der Waals surface area contributed by atoms with Crippen molar-refractivity contribution >= 4 is 0 Å². The van der Waals surface area contributed by atoms with E-state index in [0.29, 0.717) is 6.42 Å². The van der Waals surface area contributed by atoms with E-state index in [1.54, 1.807) is 0 Å². The molecule has 1 N–H and O–H groups in total. The lowest BCUT2D eigenvalue weighted by atomic mass is 10.1. The number of alkyl halides is 3. The van der Waals surface area contributed by atoms with Crippen LogP contribution in [0.25, 0.3) is 0 Å². The maximum atomic E-state index is 12.0. The summed E-state index contributed by atoms with van der Waals surface area (Å²) < 4.78 is 36.0. The molecule has 108 valence electrons. The molecule has 0 aliphatic rings. The van der Waals surface area contributed by atoms with Crippen molar-refractivity contribution in [3.63, 3.8) is 0 Å². The van der Waals surface area contributed by atoms with E-state index in [2.05, 4.69) is 24.4 Å². The fourth-order valence-electron chi connectivity index (χ4n) is 2.05. The Morgan fingerprint density at radius 2 is 1.89 bits per heavy atom. The van der Waals surface area contributed by atoms with Crippen molar-refractivity contribution in [1.82, 2.24) is 5.32 Å². The number of halogens is 3. The Balaban J connectivity index is 2.17. The molecule has 1 aromatic carbocycles. The highest BCUT2D eigenvalue weighted by atomic mass is 19.4. The van der Waals surface area contributed by atoms with Gasteiger partial charge in [0.05, 0.1) is 0 Å².